The third-order valence-electron chi connectivity index (χ3n) is 3.05. The number of aromatic nitrogens is 2. The van der Waals surface area contributed by atoms with Crippen LogP contribution < -0.4 is 10.1 Å². The molecule has 4 heteroatoms. The smallest absolute Gasteiger partial charge is 0.128 e. The van der Waals surface area contributed by atoms with Crippen LogP contribution >= 0.6 is 0 Å². The minimum Gasteiger partial charge on any atom is -0.496 e. The zero-order valence-electron chi connectivity index (χ0n) is 9.81. The Kier molecular flexibility index (Phi) is 2.57. The highest BCUT2D eigenvalue weighted by atomic mass is 16.5. The van der Waals surface area contributed by atoms with E-state index in [0.717, 1.165) is 36.6 Å². The van der Waals surface area contributed by atoms with E-state index in [1.807, 2.05) is 24.3 Å². The Bertz CT molecular complexity index is 510. The van der Waals surface area contributed by atoms with Gasteiger partial charge >= 0.3 is 0 Å². The first-order valence-electron chi connectivity index (χ1n) is 5.79. The topological polar surface area (TPSA) is 39.1 Å². The summed E-state index contributed by atoms with van der Waals surface area (Å²) in [7, 11) is 1.69. The summed E-state index contributed by atoms with van der Waals surface area (Å²) in [5.74, 6) is 0.871. The molecule has 0 saturated heterocycles. The van der Waals surface area contributed by atoms with E-state index >= 15 is 0 Å². The normalized spacial score (nSPS) is 14.4. The first kappa shape index (κ1) is 10.4. The van der Waals surface area contributed by atoms with Crippen molar-refractivity contribution in [1.82, 2.24) is 15.1 Å². The van der Waals surface area contributed by atoms with Crippen molar-refractivity contribution in [3.8, 4) is 17.0 Å². The summed E-state index contributed by atoms with van der Waals surface area (Å²) in [5.41, 5.74) is 3.27. The molecule has 17 heavy (non-hydrogen) atoms. The van der Waals surface area contributed by atoms with Crippen LogP contribution in [0.3, 0.4) is 0 Å². The standard InChI is InChI=1S/C13H15N3O/c1-17-13-5-3-2-4-11(13)12-8-10-9-14-6-7-16(10)15-12/h2-5,8,14H,6-7,9H2,1H3. The number of ether oxygens (including phenoxy) is 1. The van der Waals surface area contributed by atoms with Crippen LogP contribution in [0.1, 0.15) is 5.69 Å². The molecule has 3 rings (SSSR count). The first-order chi connectivity index (χ1) is 8.38. The summed E-state index contributed by atoms with van der Waals surface area (Å²) < 4.78 is 7.43. The van der Waals surface area contributed by atoms with Crippen molar-refractivity contribution >= 4 is 0 Å². The summed E-state index contributed by atoms with van der Waals surface area (Å²) in [6.07, 6.45) is 0. The van der Waals surface area contributed by atoms with Crippen LogP contribution in [0.2, 0.25) is 0 Å². The monoisotopic (exact) mass is 229 g/mol. The lowest BCUT2D eigenvalue weighted by Crippen LogP contribution is -2.28. The van der Waals surface area contributed by atoms with Crippen molar-refractivity contribution in [3.05, 3.63) is 36.0 Å². The van der Waals surface area contributed by atoms with Crippen LogP contribution in [-0.4, -0.2) is 23.4 Å². The second kappa shape index (κ2) is 4.22. The molecule has 0 fully saturated rings. The summed E-state index contributed by atoms with van der Waals surface area (Å²) in [5, 5.41) is 7.97. The second-order valence-corrected chi connectivity index (χ2v) is 4.12. The van der Waals surface area contributed by atoms with Gasteiger partial charge < -0.3 is 10.1 Å². The van der Waals surface area contributed by atoms with Gasteiger partial charge in [0, 0.05) is 18.7 Å². The quantitative estimate of drug-likeness (QED) is 0.851. The Labute approximate surface area is 100 Å². The Hall–Kier alpha value is -1.81. The molecule has 0 atom stereocenters. The number of hydrogen-bond acceptors (Lipinski definition) is 3. The largest absolute Gasteiger partial charge is 0.496 e. The number of rotatable bonds is 2. The maximum absolute atomic E-state index is 5.37. The molecule has 88 valence electrons. The molecular weight excluding hydrogens is 214 g/mol. The Balaban J connectivity index is 2.06. The lowest BCUT2D eigenvalue weighted by atomic mass is 10.1. The van der Waals surface area contributed by atoms with Gasteiger partial charge in [-0.3, -0.25) is 4.68 Å². The number of benzene rings is 1. The van der Waals surface area contributed by atoms with E-state index in [4.69, 9.17) is 4.74 Å². The number of para-hydroxylation sites is 1. The molecule has 2 heterocycles. The molecule has 0 aliphatic carbocycles. The van der Waals surface area contributed by atoms with Gasteiger partial charge in [-0.25, -0.2) is 0 Å². The van der Waals surface area contributed by atoms with Crippen molar-refractivity contribution in [2.24, 2.45) is 0 Å². The predicted octanol–water partition coefficient (Wildman–Crippen LogP) is 1.66. The van der Waals surface area contributed by atoms with Crippen LogP contribution in [0.5, 0.6) is 5.75 Å². The lowest BCUT2D eigenvalue weighted by molar-refractivity contribution is 0.416. The average Bonchev–Trinajstić information content (AvgIpc) is 2.82. The fourth-order valence-corrected chi connectivity index (χ4v) is 2.18. The van der Waals surface area contributed by atoms with Crippen molar-refractivity contribution in [1.29, 1.82) is 0 Å². The molecule has 1 N–H and O–H groups in total. The first-order valence-corrected chi connectivity index (χ1v) is 5.79. The molecule has 0 amide bonds. The molecule has 0 unspecified atom stereocenters. The molecule has 1 aromatic carbocycles. The maximum atomic E-state index is 5.37. The highest BCUT2D eigenvalue weighted by Gasteiger charge is 2.14. The van der Waals surface area contributed by atoms with E-state index in [0.29, 0.717) is 0 Å². The van der Waals surface area contributed by atoms with Gasteiger partial charge in [0.2, 0.25) is 0 Å². The highest BCUT2D eigenvalue weighted by molar-refractivity contribution is 5.67. The van der Waals surface area contributed by atoms with Gasteiger partial charge in [-0.05, 0) is 18.2 Å². The zero-order valence-corrected chi connectivity index (χ0v) is 9.81. The molecule has 1 aliphatic rings. The van der Waals surface area contributed by atoms with E-state index in [2.05, 4.69) is 21.2 Å². The van der Waals surface area contributed by atoms with E-state index in [1.165, 1.54) is 5.69 Å². The summed E-state index contributed by atoms with van der Waals surface area (Å²) >= 11 is 0. The summed E-state index contributed by atoms with van der Waals surface area (Å²) in [6, 6.07) is 10.1. The van der Waals surface area contributed by atoms with Crippen LogP contribution in [-0.2, 0) is 13.1 Å². The van der Waals surface area contributed by atoms with E-state index < -0.39 is 0 Å². The Morgan fingerprint density at radius 1 is 1.35 bits per heavy atom. The molecule has 0 spiro atoms. The van der Waals surface area contributed by atoms with Crippen LogP contribution in [0.25, 0.3) is 11.3 Å². The van der Waals surface area contributed by atoms with E-state index in [9.17, 15) is 0 Å². The molecule has 0 bridgehead atoms. The lowest BCUT2D eigenvalue weighted by Gasteiger charge is -2.13. The third kappa shape index (κ3) is 1.80. The third-order valence-corrected chi connectivity index (χ3v) is 3.05. The van der Waals surface area contributed by atoms with Crippen LogP contribution in [0, 0.1) is 0 Å². The maximum Gasteiger partial charge on any atom is 0.128 e. The Morgan fingerprint density at radius 3 is 3.06 bits per heavy atom. The number of nitrogens with one attached hydrogen (secondary N) is 1. The summed E-state index contributed by atoms with van der Waals surface area (Å²) in [6.45, 7) is 2.81. The van der Waals surface area contributed by atoms with E-state index in [-0.39, 0.29) is 0 Å². The molecule has 1 aliphatic heterocycles. The SMILES string of the molecule is COc1ccccc1-c1cc2n(n1)CCNC2. The number of methoxy groups -OCH3 is 1. The fraction of sp³-hybridized carbons (Fsp3) is 0.308. The predicted molar refractivity (Wildman–Crippen MR) is 65.9 cm³/mol. The minimum absolute atomic E-state index is 0.871. The molecule has 1 aromatic heterocycles. The minimum atomic E-state index is 0.871. The van der Waals surface area contributed by atoms with E-state index in [1.54, 1.807) is 7.11 Å². The fourth-order valence-electron chi connectivity index (χ4n) is 2.18. The van der Waals surface area contributed by atoms with Crippen molar-refractivity contribution in [2.75, 3.05) is 13.7 Å². The molecule has 4 nitrogen and oxygen atoms in total. The van der Waals surface area contributed by atoms with Gasteiger partial charge in [0.25, 0.3) is 0 Å². The van der Waals surface area contributed by atoms with Gasteiger partial charge in [-0.1, -0.05) is 12.1 Å². The van der Waals surface area contributed by atoms with Crippen molar-refractivity contribution < 1.29 is 4.74 Å². The highest BCUT2D eigenvalue weighted by Crippen LogP contribution is 2.29. The second-order valence-electron chi connectivity index (χ2n) is 4.12. The Morgan fingerprint density at radius 2 is 2.24 bits per heavy atom. The number of fused-ring (bicyclic) bond motifs is 1. The molecule has 0 radical (unpaired) electrons. The average molecular weight is 229 g/mol. The van der Waals surface area contributed by atoms with Crippen LogP contribution in [0.4, 0.5) is 0 Å². The molecule has 2 aromatic rings. The number of hydrogen-bond donors (Lipinski definition) is 1. The van der Waals surface area contributed by atoms with Gasteiger partial charge in [0.15, 0.2) is 0 Å². The van der Waals surface area contributed by atoms with Crippen molar-refractivity contribution in [3.63, 3.8) is 0 Å². The van der Waals surface area contributed by atoms with Crippen LogP contribution in [0.15, 0.2) is 30.3 Å². The van der Waals surface area contributed by atoms with Gasteiger partial charge in [-0.2, -0.15) is 5.10 Å². The zero-order chi connectivity index (χ0) is 11.7. The summed E-state index contributed by atoms with van der Waals surface area (Å²) in [4.78, 5) is 0. The van der Waals surface area contributed by atoms with Gasteiger partial charge in [0.05, 0.1) is 25.0 Å². The van der Waals surface area contributed by atoms with Gasteiger partial charge in [-0.15, -0.1) is 0 Å². The molecule has 0 saturated carbocycles. The molecular formula is C13H15N3O. The van der Waals surface area contributed by atoms with Gasteiger partial charge in [0.1, 0.15) is 5.75 Å². The number of nitrogens with zero attached hydrogens (tertiary/aromatic N) is 2. The van der Waals surface area contributed by atoms with Crippen molar-refractivity contribution in [2.45, 2.75) is 13.1 Å².